The number of unbranched alkanes of at least 4 members (excludes halogenated alkanes) is 1. The lowest BCUT2D eigenvalue weighted by atomic mass is 10.1. The molecule has 0 saturated heterocycles. The van der Waals surface area contributed by atoms with Gasteiger partial charge in [-0.05, 0) is 46.6 Å². The van der Waals surface area contributed by atoms with Crippen LogP contribution in [0.3, 0.4) is 0 Å². The lowest BCUT2D eigenvalue weighted by Gasteiger charge is -2.24. The maximum atomic E-state index is 11.8. The molecule has 1 amide bonds. The molecular weight excluding hydrogens is 220 g/mol. The van der Waals surface area contributed by atoms with Crippen molar-refractivity contribution in [3.8, 4) is 0 Å². The van der Waals surface area contributed by atoms with Crippen LogP contribution in [0.1, 0.15) is 47.0 Å². The molecule has 0 bridgehead atoms. The van der Waals surface area contributed by atoms with Gasteiger partial charge in [0.25, 0.3) is 0 Å². The maximum absolute atomic E-state index is 11.8. The third-order valence-electron chi connectivity index (χ3n) is 2.02. The first kappa shape index (κ1) is 15.9. The second kappa shape index (κ2) is 7.27. The van der Waals surface area contributed by atoms with E-state index in [4.69, 9.17) is 10.5 Å². The number of esters is 1. The van der Waals surface area contributed by atoms with E-state index in [-0.39, 0.29) is 11.9 Å². The molecule has 3 N–H and O–H groups in total. The Labute approximate surface area is 103 Å². The van der Waals surface area contributed by atoms with Gasteiger partial charge in [0, 0.05) is 6.92 Å². The Morgan fingerprint density at radius 3 is 2.29 bits per heavy atom. The Morgan fingerprint density at radius 1 is 1.29 bits per heavy atom. The molecule has 0 aliphatic carbocycles. The topological polar surface area (TPSA) is 81.4 Å². The number of amides is 1. The van der Waals surface area contributed by atoms with Crippen molar-refractivity contribution in [2.24, 2.45) is 5.73 Å². The van der Waals surface area contributed by atoms with Gasteiger partial charge in [-0.2, -0.15) is 0 Å². The molecule has 0 radical (unpaired) electrons. The molecule has 17 heavy (non-hydrogen) atoms. The highest BCUT2D eigenvalue weighted by Gasteiger charge is 2.25. The zero-order chi connectivity index (χ0) is 13.5. The molecule has 100 valence electrons. The Kier molecular flexibility index (Phi) is 6.80. The van der Waals surface area contributed by atoms with Crippen LogP contribution in [-0.4, -0.2) is 30.1 Å². The number of nitrogens with two attached hydrogens (primary N) is 1. The molecule has 0 fully saturated rings. The van der Waals surface area contributed by atoms with Gasteiger partial charge in [0.15, 0.2) is 0 Å². The summed E-state index contributed by atoms with van der Waals surface area (Å²) in [6.45, 7) is 7.38. The monoisotopic (exact) mass is 244 g/mol. The smallest absolute Gasteiger partial charge is 0.329 e. The quantitative estimate of drug-likeness (QED) is 0.538. The summed E-state index contributed by atoms with van der Waals surface area (Å²) < 4.78 is 5.25. The number of hydrogen-bond acceptors (Lipinski definition) is 4. The van der Waals surface area contributed by atoms with Crippen LogP contribution in [0.25, 0.3) is 0 Å². The first-order chi connectivity index (χ1) is 7.76. The average molecular weight is 244 g/mol. The summed E-state index contributed by atoms with van der Waals surface area (Å²) >= 11 is 0. The van der Waals surface area contributed by atoms with Crippen LogP contribution in [0, 0.1) is 0 Å². The largest absolute Gasteiger partial charge is 0.458 e. The Hall–Kier alpha value is -1.10. The van der Waals surface area contributed by atoms with E-state index in [0.717, 1.165) is 12.8 Å². The second-order valence-electron chi connectivity index (χ2n) is 5.07. The predicted molar refractivity (Wildman–Crippen MR) is 66.4 cm³/mol. The molecule has 0 aromatic carbocycles. The van der Waals surface area contributed by atoms with Gasteiger partial charge < -0.3 is 15.8 Å². The zero-order valence-electron chi connectivity index (χ0n) is 11.2. The highest BCUT2D eigenvalue weighted by atomic mass is 16.6. The number of ether oxygens (including phenoxy) is 1. The fourth-order valence-electron chi connectivity index (χ4n) is 1.36. The predicted octanol–water partition coefficient (Wildman–Crippen LogP) is 0.962. The van der Waals surface area contributed by atoms with E-state index in [9.17, 15) is 9.59 Å². The Bertz CT molecular complexity index is 259. The SMILES string of the molecule is CC(=O)N[C@H](CCCCN)C(=O)OC(C)(C)C. The molecule has 0 aliphatic rings. The lowest BCUT2D eigenvalue weighted by molar-refractivity contribution is -0.158. The molecule has 0 aromatic rings. The van der Waals surface area contributed by atoms with E-state index in [1.807, 2.05) is 0 Å². The first-order valence-electron chi connectivity index (χ1n) is 5.96. The summed E-state index contributed by atoms with van der Waals surface area (Å²) in [6.07, 6.45) is 2.19. The van der Waals surface area contributed by atoms with Gasteiger partial charge in [-0.3, -0.25) is 4.79 Å². The summed E-state index contributed by atoms with van der Waals surface area (Å²) in [7, 11) is 0. The van der Waals surface area contributed by atoms with E-state index in [2.05, 4.69) is 5.32 Å². The molecule has 0 rings (SSSR count). The highest BCUT2D eigenvalue weighted by molar-refractivity contribution is 5.83. The van der Waals surface area contributed by atoms with Crippen LogP contribution < -0.4 is 11.1 Å². The Morgan fingerprint density at radius 2 is 1.88 bits per heavy atom. The summed E-state index contributed by atoms with van der Waals surface area (Å²) in [5.74, 6) is -0.613. The van der Waals surface area contributed by atoms with E-state index in [1.165, 1.54) is 6.92 Å². The standard InChI is InChI=1S/C12H24N2O3/c1-9(15)14-10(7-5-6-8-13)11(16)17-12(2,3)4/h10H,5-8,13H2,1-4H3,(H,14,15)/t10-/m1/s1. The number of rotatable bonds is 6. The van der Waals surface area contributed by atoms with Crippen LogP contribution >= 0.6 is 0 Å². The lowest BCUT2D eigenvalue weighted by Crippen LogP contribution is -2.43. The van der Waals surface area contributed by atoms with Crippen LogP contribution in [0.15, 0.2) is 0 Å². The number of carbonyl (C=O) groups is 2. The van der Waals surface area contributed by atoms with Crippen molar-refractivity contribution in [3.05, 3.63) is 0 Å². The summed E-state index contributed by atoms with van der Waals surface area (Å²) in [4.78, 5) is 22.8. The van der Waals surface area contributed by atoms with Crippen LogP contribution in [0.5, 0.6) is 0 Å². The van der Waals surface area contributed by atoms with E-state index in [1.54, 1.807) is 20.8 Å². The molecule has 0 aromatic heterocycles. The summed E-state index contributed by atoms with van der Waals surface area (Å²) in [6, 6.07) is -0.571. The molecule has 0 spiro atoms. The molecule has 0 aliphatic heterocycles. The summed E-state index contributed by atoms with van der Waals surface area (Å²) in [5.41, 5.74) is 4.85. The van der Waals surface area contributed by atoms with Crippen LogP contribution in [-0.2, 0) is 14.3 Å². The Balaban J connectivity index is 4.34. The molecule has 5 nitrogen and oxygen atoms in total. The number of nitrogens with one attached hydrogen (secondary N) is 1. The third kappa shape index (κ3) is 8.68. The molecule has 1 atom stereocenters. The van der Waals surface area contributed by atoms with E-state index >= 15 is 0 Å². The fraction of sp³-hybridized carbons (Fsp3) is 0.833. The van der Waals surface area contributed by atoms with Crippen molar-refractivity contribution in [2.75, 3.05) is 6.54 Å². The average Bonchev–Trinajstić information content (AvgIpc) is 2.13. The van der Waals surface area contributed by atoms with Crippen molar-refractivity contribution in [3.63, 3.8) is 0 Å². The van der Waals surface area contributed by atoms with Gasteiger partial charge in [-0.25, -0.2) is 4.79 Å². The zero-order valence-corrected chi connectivity index (χ0v) is 11.2. The van der Waals surface area contributed by atoms with Crippen molar-refractivity contribution < 1.29 is 14.3 Å². The fourth-order valence-corrected chi connectivity index (χ4v) is 1.36. The van der Waals surface area contributed by atoms with E-state index in [0.29, 0.717) is 13.0 Å². The van der Waals surface area contributed by atoms with E-state index < -0.39 is 11.6 Å². The third-order valence-corrected chi connectivity index (χ3v) is 2.02. The number of hydrogen-bond donors (Lipinski definition) is 2. The van der Waals surface area contributed by atoms with Crippen molar-refractivity contribution in [1.29, 1.82) is 0 Å². The molecular formula is C12H24N2O3. The molecule has 0 heterocycles. The minimum Gasteiger partial charge on any atom is -0.458 e. The normalized spacial score (nSPS) is 13.0. The molecule has 0 unspecified atom stereocenters. The minimum atomic E-state index is -0.571. The van der Waals surface area contributed by atoms with Crippen LogP contribution in [0.2, 0.25) is 0 Å². The minimum absolute atomic E-state index is 0.228. The van der Waals surface area contributed by atoms with Gasteiger partial charge in [0.1, 0.15) is 11.6 Å². The molecule has 5 heteroatoms. The van der Waals surface area contributed by atoms with Gasteiger partial charge in [-0.15, -0.1) is 0 Å². The second-order valence-corrected chi connectivity index (χ2v) is 5.07. The summed E-state index contributed by atoms with van der Waals surface area (Å²) in [5, 5.41) is 2.61. The maximum Gasteiger partial charge on any atom is 0.329 e. The van der Waals surface area contributed by atoms with Gasteiger partial charge >= 0.3 is 5.97 Å². The van der Waals surface area contributed by atoms with Crippen molar-refractivity contribution in [2.45, 2.75) is 58.6 Å². The molecule has 0 saturated carbocycles. The number of carbonyl (C=O) groups excluding carboxylic acids is 2. The van der Waals surface area contributed by atoms with Crippen molar-refractivity contribution in [1.82, 2.24) is 5.32 Å². The van der Waals surface area contributed by atoms with Crippen molar-refractivity contribution >= 4 is 11.9 Å². The highest BCUT2D eigenvalue weighted by Crippen LogP contribution is 2.11. The first-order valence-corrected chi connectivity index (χ1v) is 5.96. The van der Waals surface area contributed by atoms with Gasteiger partial charge in [0.2, 0.25) is 5.91 Å². The van der Waals surface area contributed by atoms with Crippen LogP contribution in [0.4, 0.5) is 0 Å². The van der Waals surface area contributed by atoms with Gasteiger partial charge in [0.05, 0.1) is 0 Å². The van der Waals surface area contributed by atoms with Gasteiger partial charge in [-0.1, -0.05) is 0 Å².